The molecule has 0 aliphatic carbocycles. The second kappa shape index (κ2) is 5.69. The van der Waals surface area contributed by atoms with E-state index in [0.29, 0.717) is 0 Å². The summed E-state index contributed by atoms with van der Waals surface area (Å²) in [6, 6.07) is 6.25. The van der Waals surface area contributed by atoms with Gasteiger partial charge in [-0.25, -0.2) is 0 Å². The van der Waals surface area contributed by atoms with Crippen LogP contribution in [0.15, 0.2) is 18.2 Å². The molecule has 0 amide bonds. The van der Waals surface area contributed by atoms with Gasteiger partial charge in [0.25, 0.3) is 0 Å². The van der Waals surface area contributed by atoms with Crippen LogP contribution < -0.4 is 4.74 Å². The molecule has 1 fully saturated rings. The average molecular weight is 285 g/mol. The molecule has 0 aromatic heterocycles. The normalized spacial score (nSPS) is 20.8. The molecule has 1 aliphatic rings. The first-order chi connectivity index (χ1) is 7.81. The maximum Gasteiger partial charge on any atom is 0.126 e. The minimum absolute atomic E-state index is 0.215. The molecule has 1 aliphatic heterocycles. The second-order valence-electron chi connectivity index (χ2n) is 4.15. The van der Waals surface area contributed by atoms with E-state index in [9.17, 15) is 0 Å². The fraction of sp³-hybridized carbons (Fsp3) is 0.538. The van der Waals surface area contributed by atoms with Crippen molar-refractivity contribution in [2.24, 2.45) is 0 Å². The van der Waals surface area contributed by atoms with Gasteiger partial charge in [-0.3, -0.25) is 0 Å². The standard InChI is InChI=1S/C13H17BrO2/c1-10-4-2-5-11(8-14)13(10)16-12-6-3-7-15-9-12/h2,4-5,12H,3,6-9H2,1H3. The number of hydrogen-bond donors (Lipinski definition) is 0. The summed E-state index contributed by atoms with van der Waals surface area (Å²) in [6.45, 7) is 3.68. The third-order valence-corrected chi connectivity index (χ3v) is 3.44. The van der Waals surface area contributed by atoms with Gasteiger partial charge in [-0.1, -0.05) is 34.1 Å². The van der Waals surface area contributed by atoms with Gasteiger partial charge in [0.05, 0.1) is 6.61 Å². The summed E-state index contributed by atoms with van der Waals surface area (Å²) in [4.78, 5) is 0. The van der Waals surface area contributed by atoms with Crippen LogP contribution in [0.3, 0.4) is 0 Å². The van der Waals surface area contributed by atoms with E-state index in [1.54, 1.807) is 0 Å². The molecule has 1 aromatic rings. The monoisotopic (exact) mass is 284 g/mol. The Hall–Kier alpha value is -0.540. The molecule has 1 aromatic carbocycles. The zero-order chi connectivity index (χ0) is 11.4. The van der Waals surface area contributed by atoms with Crippen LogP contribution in [0.1, 0.15) is 24.0 Å². The molecule has 0 saturated carbocycles. The predicted octanol–water partition coefficient (Wildman–Crippen LogP) is 3.45. The van der Waals surface area contributed by atoms with Crippen molar-refractivity contribution in [1.82, 2.24) is 0 Å². The van der Waals surface area contributed by atoms with E-state index >= 15 is 0 Å². The molecule has 2 rings (SSSR count). The Morgan fingerprint density at radius 1 is 1.50 bits per heavy atom. The zero-order valence-corrected chi connectivity index (χ0v) is 11.1. The van der Waals surface area contributed by atoms with Crippen LogP contribution in [0.5, 0.6) is 5.75 Å². The third kappa shape index (κ3) is 2.77. The van der Waals surface area contributed by atoms with Crippen LogP contribution in [-0.4, -0.2) is 19.3 Å². The molecule has 1 unspecified atom stereocenters. The van der Waals surface area contributed by atoms with Crippen molar-refractivity contribution in [1.29, 1.82) is 0 Å². The zero-order valence-electron chi connectivity index (χ0n) is 9.54. The van der Waals surface area contributed by atoms with Gasteiger partial charge in [0, 0.05) is 17.5 Å². The lowest BCUT2D eigenvalue weighted by atomic mass is 10.1. The number of para-hydroxylation sites is 1. The Morgan fingerprint density at radius 3 is 3.06 bits per heavy atom. The largest absolute Gasteiger partial charge is 0.487 e. The van der Waals surface area contributed by atoms with Crippen LogP contribution >= 0.6 is 15.9 Å². The highest BCUT2D eigenvalue weighted by atomic mass is 79.9. The Labute approximate surface area is 105 Å². The van der Waals surface area contributed by atoms with Crippen molar-refractivity contribution in [2.45, 2.75) is 31.2 Å². The molecular formula is C13H17BrO2. The van der Waals surface area contributed by atoms with Gasteiger partial charge < -0.3 is 9.47 Å². The molecule has 0 spiro atoms. The first-order valence-electron chi connectivity index (χ1n) is 5.70. The summed E-state index contributed by atoms with van der Waals surface area (Å²) >= 11 is 3.50. The summed E-state index contributed by atoms with van der Waals surface area (Å²) in [5.74, 6) is 1.02. The van der Waals surface area contributed by atoms with E-state index in [-0.39, 0.29) is 6.10 Å². The van der Waals surface area contributed by atoms with Crippen LogP contribution in [0, 0.1) is 6.92 Å². The van der Waals surface area contributed by atoms with Crippen molar-refractivity contribution in [2.75, 3.05) is 13.2 Å². The summed E-state index contributed by atoms with van der Waals surface area (Å²) in [5.41, 5.74) is 2.41. The van der Waals surface area contributed by atoms with E-state index in [2.05, 4.69) is 41.1 Å². The van der Waals surface area contributed by atoms with Crippen molar-refractivity contribution in [3.63, 3.8) is 0 Å². The summed E-state index contributed by atoms with van der Waals surface area (Å²) < 4.78 is 11.5. The number of hydrogen-bond acceptors (Lipinski definition) is 2. The maximum atomic E-state index is 6.05. The smallest absolute Gasteiger partial charge is 0.126 e. The lowest BCUT2D eigenvalue weighted by Gasteiger charge is -2.25. The number of rotatable bonds is 3. The lowest BCUT2D eigenvalue weighted by Crippen LogP contribution is -2.28. The van der Waals surface area contributed by atoms with Crippen LogP contribution in [0.25, 0.3) is 0 Å². The van der Waals surface area contributed by atoms with Gasteiger partial charge in [-0.2, -0.15) is 0 Å². The molecular weight excluding hydrogens is 268 g/mol. The Kier molecular flexibility index (Phi) is 4.24. The van der Waals surface area contributed by atoms with Gasteiger partial charge in [0.1, 0.15) is 11.9 Å². The maximum absolute atomic E-state index is 6.05. The molecule has 1 atom stereocenters. The highest BCUT2D eigenvalue weighted by Crippen LogP contribution is 2.27. The molecule has 16 heavy (non-hydrogen) atoms. The Morgan fingerprint density at radius 2 is 2.38 bits per heavy atom. The number of ether oxygens (including phenoxy) is 2. The van der Waals surface area contributed by atoms with Crippen LogP contribution in [0.2, 0.25) is 0 Å². The highest BCUT2D eigenvalue weighted by Gasteiger charge is 2.17. The van der Waals surface area contributed by atoms with E-state index in [0.717, 1.165) is 37.1 Å². The molecule has 88 valence electrons. The van der Waals surface area contributed by atoms with Gasteiger partial charge >= 0.3 is 0 Å². The highest BCUT2D eigenvalue weighted by molar-refractivity contribution is 9.08. The first kappa shape index (κ1) is 11.9. The summed E-state index contributed by atoms with van der Waals surface area (Å²) in [5, 5.41) is 0.831. The van der Waals surface area contributed by atoms with Gasteiger partial charge in [0.15, 0.2) is 0 Å². The topological polar surface area (TPSA) is 18.5 Å². The Balaban J connectivity index is 2.12. The number of aryl methyl sites for hydroxylation is 1. The molecule has 0 N–H and O–H groups in total. The summed E-state index contributed by atoms with van der Waals surface area (Å²) in [7, 11) is 0. The second-order valence-corrected chi connectivity index (χ2v) is 4.71. The van der Waals surface area contributed by atoms with Crippen LogP contribution in [-0.2, 0) is 10.1 Å². The van der Waals surface area contributed by atoms with Gasteiger partial charge in [0.2, 0.25) is 0 Å². The third-order valence-electron chi connectivity index (χ3n) is 2.84. The van der Waals surface area contributed by atoms with E-state index in [1.165, 1.54) is 11.1 Å². The van der Waals surface area contributed by atoms with Gasteiger partial charge in [-0.15, -0.1) is 0 Å². The Bertz CT molecular complexity index is 346. The number of halogens is 1. The minimum atomic E-state index is 0.215. The average Bonchev–Trinajstić information content (AvgIpc) is 2.33. The molecule has 2 nitrogen and oxygen atoms in total. The van der Waals surface area contributed by atoms with Gasteiger partial charge in [-0.05, 0) is 25.3 Å². The van der Waals surface area contributed by atoms with Crippen molar-refractivity contribution < 1.29 is 9.47 Å². The SMILES string of the molecule is Cc1cccc(CBr)c1OC1CCCOC1. The van der Waals surface area contributed by atoms with Crippen molar-refractivity contribution in [3.05, 3.63) is 29.3 Å². The lowest BCUT2D eigenvalue weighted by molar-refractivity contribution is 0.00686. The summed E-state index contributed by atoms with van der Waals surface area (Å²) in [6.07, 6.45) is 2.41. The fourth-order valence-electron chi connectivity index (χ4n) is 1.96. The predicted molar refractivity (Wildman–Crippen MR) is 68.3 cm³/mol. The van der Waals surface area contributed by atoms with E-state index in [4.69, 9.17) is 9.47 Å². The minimum Gasteiger partial charge on any atom is -0.487 e. The molecule has 1 saturated heterocycles. The molecule has 1 heterocycles. The van der Waals surface area contributed by atoms with Crippen molar-refractivity contribution >= 4 is 15.9 Å². The number of alkyl halides is 1. The fourth-order valence-corrected chi connectivity index (χ4v) is 2.40. The van der Waals surface area contributed by atoms with E-state index in [1.807, 2.05) is 0 Å². The molecule has 0 bridgehead atoms. The van der Waals surface area contributed by atoms with Crippen LogP contribution in [0.4, 0.5) is 0 Å². The van der Waals surface area contributed by atoms with Crippen molar-refractivity contribution in [3.8, 4) is 5.75 Å². The number of benzene rings is 1. The van der Waals surface area contributed by atoms with E-state index < -0.39 is 0 Å². The first-order valence-corrected chi connectivity index (χ1v) is 6.82. The molecule has 0 radical (unpaired) electrons. The molecule has 3 heteroatoms. The quantitative estimate of drug-likeness (QED) is 0.792.